The third-order valence-corrected chi connectivity index (χ3v) is 6.59. The molecule has 0 saturated heterocycles. The van der Waals surface area contributed by atoms with Gasteiger partial charge in [0.2, 0.25) is 0 Å². The fourth-order valence-corrected chi connectivity index (χ4v) is 4.90. The molecule has 0 spiro atoms. The molecule has 0 aliphatic carbocycles. The van der Waals surface area contributed by atoms with Crippen LogP contribution in [0.25, 0.3) is 10.8 Å². The number of aliphatic imine (C=N–C) groups is 1. The minimum atomic E-state index is -1.40. The third kappa shape index (κ3) is 0.970. The Labute approximate surface area is 90.5 Å². The number of fused-ring (bicyclic) bond motifs is 3. The summed E-state index contributed by atoms with van der Waals surface area (Å²) in [5, 5.41) is 4.08. The van der Waals surface area contributed by atoms with E-state index in [0.29, 0.717) is 0 Å². The Hall–Kier alpha value is -2.41. The fraction of sp³-hybridized carbons (Fsp3) is 0.154. The Bertz CT molecular complexity index is 617. The van der Waals surface area contributed by atoms with E-state index in [2.05, 4.69) is 54.3 Å². The molecule has 0 saturated carbocycles. The van der Waals surface area contributed by atoms with E-state index >= 15 is 0 Å². The summed E-state index contributed by atoms with van der Waals surface area (Å²) in [5.41, 5.74) is 1.21. The van der Waals surface area contributed by atoms with Crippen molar-refractivity contribution in [3.63, 3.8) is 0 Å². The van der Waals surface area contributed by atoms with E-state index in [1.165, 1.54) is 27.7 Å². The van der Waals surface area contributed by atoms with Crippen molar-refractivity contribution < 1.29 is 0 Å². The van der Waals surface area contributed by atoms with Gasteiger partial charge in [0.05, 0.1) is 0 Å². The molecule has 1 heterocycles. The second kappa shape index (κ2) is 2.58. The van der Waals surface area contributed by atoms with Crippen LogP contribution in [0.3, 0.4) is 0 Å². The molecule has 88 valence electrons. The molecule has 3 rings (SSSR count). The molecule has 0 unspecified atom stereocenters. The molecule has 0 fully saturated rings. The van der Waals surface area contributed by atoms with E-state index in [-0.39, 0.29) is 0 Å². The van der Waals surface area contributed by atoms with Crippen LogP contribution in [0.5, 0.6) is 0 Å². The van der Waals surface area contributed by atoms with E-state index in [4.69, 9.17) is 0 Å². The first-order valence-electron chi connectivity index (χ1n) is 5.30. The van der Waals surface area contributed by atoms with E-state index in [0.717, 1.165) is 0 Å². The first kappa shape index (κ1) is 8.86. The number of hydrogen-bond donors (Lipinski definition) is 0. The summed E-state index contributed by atoms with van der Waals surface area (Å²) in [4.78, 5) is 4.67. The predicted octanol–water partition coefficient (Wildman–Crippen LogP) is 2.18. The Morgan fingerprint density at radius 3 is 2.75 bits per heavy atom. The van der Waals surface area contributed by atoms with Crippen molar-refractivity contribution in [2.24, 2.45) is 4.99 Å². The van der Waals surface area contributed by atoms with Crippen molar-refractivity contribution in [1.29, 1.82) is 0 Å². The van der Waals surface area contributed by atoms with Crippen LogP contribution < -0.4 is 11.3 Å². The van der Waals surface area contributed by atoms with Gasteiger partial charge in [0, 0.05) is 0 Å². The Morgan fingerprint density at radius 1 is 1.12 bits per heavy atom. The van der Waals surface area contributed by atoms with E-state index in [1.807, 2.05) is 0 Å². The van der Waals surface area contributed by atoms with Crippen molar-refractivity contribution in [3.8, 4) is 0 Å². The quantitative estimate of drug-likeness (QED) is 0.522. The first-order valence-corrected chi connectivity index (χ1v) is 9.46. The summed E-state index contributed by atoms with van der Waals surface area (Å²) < 4.78 is 2.61. The molecule has 16 heavy (non-hydrogen) atoms. The molecule has 0 aromatic heterocycles. The van der Waals surface area contributed by atoms with Crippen LogP contribution in [0, 0.1) is 0 Å². The fourth-order valence-electron chi connectivity index (χ4n) is 2.22. The molecule has 0 amide bonds. The SMILES string of the molecule is C[Si]1(C)C=Nc2c1ccc1ccc[c]([Lr])c21. The topological polar surface area (TPSA) is 12.4 Å². The summed E-state index contributed by atoms with van der Waals surface area (Å²) >= 11 is 0. The average molecular weight is 472 g/mol. The molecular weight excluding hydrogens is 460 g/mol. The Kier molecular flexibility index (Phi) is 1.43. The summed E-state index contributed by atoms with van der Waals surface area (Å²) in [6.07, 6.45) is 0. The monoisotopic (exact) mass is 472 g/mol. The molecular formula is C13H12LrNSi. The zero-order chi connectivity index (χ0) is 11.3. The van der Waals surface area contributed by atoms with Crippen LogP contribution >= 0.6 is 0 Å². The van der Waals surface area contributed by atoms with Gasteiger partial charge in [-0.3, -0.25) is 0 Å². The van der Waals surface area contributed by atoms with Gasteiger partial charge < -0.3 is 0 Å². The van der Waals surface area contributed by atoms with Gasteiger partial charge in [0.15, 0.2) is 0 Å². The van der Waals surface area contributed by atoms with Crippen molar-refractivity contribution in [1.82, 2.24) is 0 Å². The molecule has 3 heteroatoms. The molecule has 0 N–H and O–H groups in total. The summed E-state index contributed by atoms with van der Waals surface area (Å²) in [5.74, 6) is 2.19. The zero-order valence-electron chi connectivity index (χ0n) is 9.17. The Balaban J connectivity index is 2.47. The van der Waals surface area contributed by atoms with Gasteiger partial charge in [-0.05, 0) is 0 Å². The van der Waals surface area contributed by atoms with Crippen LogP contribution in [0.15, 0.2) is 35.3 Å². The second-order valence-corrected chi connectivity index (χ2v) is 10.1. The standard InChI is InChI=1S/C13H12NSi.Lr/c1-15(2)9-14-13-11-6-4-3-5-10(11)7-8-12(13)15;/h3-5,7-9H,1-2H3;. The van der Waals surface area contributed by atoms with Crippen LogP contribution in [-0.2, 0) is 0 Å². The molecule has 0 atom stereocenters. The van der Waals surface area contributed by atoms with Gasteiger partial charge in [0.1, 0.15) is 0 Å². The number of hydrogen-bond acceptors (Lipinski definition) is 1. The van der Waals surface area contributed by atoms with Crippen molar-refractivity contribution in [3.05, 3.63) is 30.3 Å². The van der Waals surface area contributed by atoms with Crippen LogP contribution in [0.4, 0.5) is 5.69 Å². The Morgan fingerprint density at radius 2 is 1.94 bits per heavy atom. The molecule has 0 radical (unpaired) electrons. The van der Waals surface area contributed by atoms with Gasteiger partial charge in [-0.25, -0.2) is 0 Å². The first-order chi connectivity index (χ1) is 7.59. The van der Waals surface area contributed by atoms with Gasteiger partial charge in [-0.15, -0.1) is 0 Å². The van der Waals surface area contributed by atoms with E-state index in [9.17, 15) is 0 Å². The molecule has 1 aliphatic rings. The van der Waals surface area contributed by atoms with Gasteiger partial charge in [-0.2, -0.15) is 0 Å². The zero-order valence-corrected chi connectivity index (χ0v) is 12.3. The van der Waals surface area contributed by atoms with Crippen molar-refractivity contribution in [2.45, 2.75) is 13.1 Å². The summed E-state index contributed by atoms with van der Waals surface area (Å²) in [6, 6.07) is 12.2. The average Bonchev–Trinajstić information content (AvgIpc) is 2.55. The van der Waals surface area contributed by atoms with Gasteiger partial charge in [0.25, 0.3) is 0 Å². The summed E-state index contributed by atoms with van der Waals surface area (Å²) in [7, 11) is -1.40. The third-order valence-electron chi connectivity index (χ3n) is 3.13. The predicted molar refractivity (Wildman–Crippen MR) is 68.9 cm³/mol. The number of nitrogens with zero attached hydrogens (tertiary/aromatic N) is 1. The molecule has 2 aromatic carbocycles. The van der Waals surface area contributed by atoms with Gasteiger partial charge >= 0.3 is 90.0 Å². The van der Waals surface area contributed by atoms with E-state index < -0.39 is 8.07 Å². The van der Waals surface area contributed by atoms with E-state index in [1.54, 1.807) is 0 Å². The molecule has 0 bridgehead atoms. The molecule has 1 nitrogen and oxygen atoms in total. The number of benzene rings is 2. The van der Waals surface area contributed by atoms with Crippen molar-refractivity contribution >= 4 is 41.6 Å². The van der Waals surface area contributed by atoms with Crippen LogP contribution in [-0.4, -0.2) is 13.9 Å². The molecule has 1 aliphatic heterocycles. The van der Waals surface area contributed by atoms with Crippen molar-refractivity contribution in [2.75, 3.05) is 0 Å². The molecule has 2 aromatic rings. The number of rotatable bonds is 0. The van der Waals surface area contributed by atoms with Crippen LogP contribution in [0.1, 0.15) is 0 Å². The normalized spacial score (nSPS) is 16.8. The maximum absolute atomic E-state index is 4.67. The van der Waals surface area contributed by atoms with Crippen LogP contribution in [0.2, 0.25) is 13.1 Å². The maximum atomic E-state index is 4.67. The van der Waals surface area contributed by atoms with Gasteiger partial charge in [-0.1, -0.05) is 0 Å². The summed E-state index contributed by atoms with van der Waals surface area (Å²) in [6.45, 7) is 4.70. The minimum absolute atomic E-state index is 1.21. The second-order valence-electron chi connectivity index (χ2n) is 4.72.